The number of carbonyl (C=O) groups is 2. The van der Waals surface area contributed by atoms with Gasteiger partial charge in [0.25, 0.3) is 5.91 Å². The SMILES string of the molecule is O=C(O)CC[C@H]1CCCCN1C(=O)c1ccccc1. The Morgan fingerprint density at radius 3 is 2.63 bits per heavy atom. The molecule has 1 heterocycles. The number of benzene rings is 1. The number of nitrogens with zero attached hydrogens (tertiary/aromatic N) is 1. The fourth-order valence-corrected chi connectivity index (χ4v) is 2.60. The summed E-state index contributed by atoms with van der Waals surface area (Å²) in [5, 5.41) is 8.78. The second-order valence-corrected chi connectivity index (χ2v) is 4.95. The van der Waals surface area contributed by atoms with Crippen LogP contribution < -0.4 is 0 Å². The molecule has 1 aromatic rings. The number of hydrogen-bond acceptors (Lipinski definition) is 2. The van der Waals surface area contributed by atoms with E-state index in [1.807, 2.05) is 35.2 Å². The lowest BCUT2D eigenvalue weighted by Crippen LogP contribution is -2.43. The zero-order chi connectivity index (χ0) is 13.7. The zero-order valence-electron chi connectivity index (χ0n) is 10.9. The van der Waals surface area contributed by atoms with Crippen LogP contribution in [0.15, 0.2) is 30.3 Å². The van der Waals surface area contributed by atoms with Crippen molar-refractivity contribution < 1.29 is 14.7 Å². The highest BCUT2D eigenvalue weighted by atomic mass is 16.4. The molecule has 0 aromatic heterocycles. The monoisotopic (exact) mass is 261 g/mol. The van der Waals surface area contributed by atoms with Crippen molar-refractivity contribution in [2.45, 2.75) is 38.1 Å². The van der Waals surface area contributed by atoms with Gasteiger partial charge >= 0.3 is 5.97 Å². The van der Waals surface area contributed by atoms with Crippen molar-refractivity contribution >= 4 is 11.9 Å². The van der Waals surface area contributed by atoms with Gasteiger partial charge in [-0.05, 0) is 37.8 Å². The van der Waals surface area contributed by atoms with Crippen LogP contribution in [0.5, 0.6) is 0 Å². The summed E-state index contributed by atoms with van der Waals surface area (Å²) in [6.07, 6.45) is 3.66. The number of rotatable bonds is 4. The smallest absolute Gasteiger partial charge is 0.303 e. The van der Waals surface area contributed by atoms with Crippen LogP contribution in [0, 0.1) is 0 Å². The maximum absolute atomic E-state index is 12.4. The third-order valence-electron chi connectivity index (χ3n) is 3.60. The zero-order valence-corrected chi connectivity index (χ0v) is 10.9. The van der Waals surface area contributed by atoms with E-state index in [0.717, 1.165) is 25.8 Å². The summed E-state index contributed by atoms with van der Waals surface area (Å²) in [5.41, 5.74) is 0.685. The fourth-order valence-electron chi connectivity index (χ4n) is 2.60. The van der Waals surface area contributed by atoms with E-state index in [4.69, 9.17) is 5.11 Å². The maximum Gasteiger partial charge on any atom is 0.303 e. The summed E-state index contributed by atoms with van der Waals surface area (Å²) >= 11 is 0. The second kappa shape index (κ2) is 6.36. The molecular weight excluding hydrogens is 242 g/mol. The summed E-state index contributed by atoms with van der Waals surface area (Å²) in [6, 6.07) is 9.27. The van der Waals surface area contributed by atoms with Gasteiger partial charge in [0.2, 0.25) is 0 Å². The molecule has 1 fully saturated rings. The Bertz CT molecular complexity index is 444. The number of piperidine rings is 1. The van der Waals surface area contributed by atoms with E-state index in [1.54, 1.807) is 0 Å². The van der Waals surface area contributed by atoms with Crippen LogP contribution in [0.25, 0.3) is 0 Å². The lowest BCUT2D eigenvalue weighted by Gasteiger charge is -2.35. The van der Waals surface area contributed by atoms with Crippen LogP contribution in [0.3, 0.4) is 0 Å². The Labute approximate surface area is 113 Å². The van der Waals surface area contributed by atoms with Gasteiger partial charge in [0, 0.05) is 24.6 Å². The van der Waals surface area contributed by atoms with Gasteiger partial charge in [-0.3, -0.25) is 9.59 Å². The standard InChI is InChI=1S/C15H19NO3/c17-14(18)10-9-13-8-4-5-11-16(13)15(19)12-6-2-1-3-7-12/h1-3,6-7,13H,4-5,8-11H2,(H,17,18)/t13-/m1/s1. The van der Waals surface area contributed by atoms with Crippen LogP contribution in [0.1, 0.15) is 42.5 Å². The topological polar surface area (TPSA) is 57.6 Å². The van der Waals surface area contributed by atoms with Crippen molar-refractivity contribution in [1.82, 2.24) is 4.90 Å². The molecule has 0 spiro atoms. The maximum atomic E-state index is 12.4. The molecule has 1 atom stereocenters. The number of amides is 1. The normalized spacial score (nSPS) is 19.2. The Kier molecular flexibility index (Phi) is 4.55. The van der Waals surface area contributed by atoms with E-state index in [9.17, 15) is 9.59 Å². The molecule has 19 heavy (non-hydrogen) atoms. The van der Waals surface area contributed by atoms with E-state index >= 15 is 0 Å². The van der Waals surface area contributed by atoms with Crippen LogP contribution >= 0.6 is 0 Å². The minimum absolute atomic E-state index is 0.0238. The quantitative estimate of drug-likeness (QED) is 0.906. The minimum atomic E-state index is -0.794. The molecule has 0 radical (unpaired) electrons. The number of likely N-dealkylation sites (tertiary alicyclic amines) is 1. The molecular formula is C15H19NO3. The number of carboxylic acids is 1. The lowest BCUT2D eigenvalue weighted by molar-refractivity contribution is -0.137. The van der Waals surface area contributed by atoms with Gasteiger partial charge < -0.3 is 10.0 Å². The molecule has 4 heteroatoms. The average molecular weight is 261 g/mol. The first kappa shape index (κ1) is 13.6. The van der Waals surface area contributed by atoms with Gasteiger partial charge in [0.05, 0.1) is 0 Å². The van der Waals surface area contributed by atoms with E-state index in [2.05, 4.69) is 0 Å². The van der Waals surface area contributed by atoms with Gasteiger partial charge in [-0.25, -0.2) is 0 Å². The second-order valence-electron chi connectivity index (χ2n) is 4.95. The van der Waals surface area contributed by atoms with Gasteiger partial charge in [-0.15, -0.1) is 0 Å². The molecule has 102 valence electrons. The Hall–Kier alpha value is -1.84. The molecule has 0 unspecified atom stereocenters. The van der Waals surface area contributed by atoms with E-state index < -0.39 is 5.97 Å². The van der Waals surface area contributed by atoms with Crippen molar-refractivity contribution in [1.29, 1.82) is 0 Å². The molecule has 1 amide bonds. The summed E-state index contributed by atoms with van der Waals surface area (Å²) in [5.74, 6) is -0.770. The molecule has 1 aliphatic heterocycles. The number of aliphatic carboxylic acids is 1. The molecule has 0 bridgehead atoms. The highest BCUT2D eigenvalue weighted by molar-refractivity contribution is 5.94. The fraction of sp³-hybridized carbons (Fsp3) is 0.467. The first-order valence-corrected chi connectivity index (χ1v) is 6.76. The summed E-state index contributed by atoms with van der Waals surface area (Å²) in [6.45, 7) is 0.734. The Morgan fingerprint density at radius 1 is 1.21 bits per heavy atom. The molecule has 4 nitrogen and oxygen atoms in total. The van der Waals surface area contributed by atoms with Gasteiger partial charge in [0.15, 0.2) is 0 Å². The van der Waals surface area contributed by atoms with Crippen molar-refractivity contribution in [3.8, 4) is 0 Å². The van der Waals surface area contributed by atoms with Crippen LogP contribution in [0.4, 0.5) is 0 Å². The van der Waals surface area contributed by atoms with Gasteiger partial charge in [-0.1, -0.05) is 18.2 Å². The van der Waals surface area contributed by atoms with Gasteiger partial charge in [-0.2, -0.15) is 0 Å². The van der Waals surface area contributed by atoms with Crippen LogP contribution in [-0.2, 0) is 4.79 Å². The van der Waals surface area contributed by atoms with E-state index in [-0.39, 0.29) is 18.4 Å². The molecule has 0 saturated carbocycles. The van der Waals surface area contributed by atoms with Gasteiger partial charge in [0.1, 0.15) is 0 Å². The Balaban J connectivity index is 2.06. The van der Waals surface area contributed by atoms with E-state index in [0.29, 0.717) is 12.0 Å². The van der Waals surface area contributed by atoms with Crippen LogP contribution in [-0.4, -0.2) is 34.5 Å². The largest absolute Gasteiger partial charge is 0.481 e. The van der Waals surface area contributed by atoms with Crippen molar-refractivity contribution in [2.75, 3.05) is 6.54 Å². The first-order chi connectivity index (χ1) is 9.18. The number of carbonyl (C=O) groups excluding carboxylic acids is 1. The first-order valence-electron chi connectivity index (χ1n) is 6.76. The Morgan fingerprint density at radius 2 is 1.95 bits per heavy atom. The van der Waals surface area contributed by atoms with Crippen molar-refractivity contribution in [2.24, 2.45) is 0 Å². The summed E-state index contributed by atoms with van der Waals surface area (Å²) in [7, 11) is 0. The van der Waals surface area contributed by atoms with Crippen LogP contribution in [0.2, 0.25) is 0 Å². The average Bonchev–Trinajstić information content (AvgIpc) is 2.45. The van der Waals surface area contributed by atoms with E-state index in [1.165, 1.54) is 0 Å². The summed E-state index contributed by atoms with van der Waals surface area (Å²) in [4.78, 5) is 25.0. The third kappa shape index (κ3) is 3.56. The highest BCUT2D eigenvalue weighted by Crippen LogP contribution is 2.23. The lowest BCUT2D eigenvalue weighted by atomic mass is 9.97. The predicted molar refractivity (Wildman–Crippen MR) is 72.0 cm³/mol. The number of carboxylic acid groups (broad SMARTS) is 1. The predicted octanol–water partition coefficient (Wildman–Crippen LogP) is 2.55. The van der Waals surface area contributed by atoms with Crippen molar-refractivity contribution in [3.05, 3.63) is 35.9 Å². The highest BCUT2D eigenvalue weighted by Gasteiger charge is 2.27. The number of hydrogen-bond donors (Lipinski definition) is 1. The minimum Gasteiger partial charge on any atom is -0.481 e. The summed E-state index contributed by atoms with van der Waals surface area (Å²) < 4.78 is 0. The van der Waals surface area contributed by atoms with Crippen molar-refractivity contribution in [3.63, 3.8) is 0 Å². The molecule has 2 rings (SSSR count). The molecule has 0 aliphatic carbocycles. The third-order valence-corrected chi connectivity index (χ3v) is 3.60. The molecule has 1 N–H and O–H groups in total. The molecule has 1 aliphatic rings. The molecule has 1 saturated heterocycles. The molecule has 1 aromatic carbocycles.